The lowest BCUT2D eigenvalue weighted by atomic mass is 10.1. The summed E-state index contributed by atoms with van der Waals surface area (Å²) in [6, 6.07) is 8.71. The molecule has 0 spiro atoms. The van der Waals surface area contributed by atoms with Crippen LogP contribution in [0.2, 0.25) is 0 Å². The van der Waals surface area contributed by atoms with E-state index < -0.39 is 0 Å². The second-order valence-corrected chi connectivity index (χ2v) is 4.31. The Morgan fingerprint density at radius 2 is 2.17 bits per heavy atom. The van der Waals surface area contributed by atoms with E-state index in [1.54, 1.807) is 18.2 Å². The summed E-state index contributed by atoms with van der Waals surface area (Å²) < 4.78 is 1.94. The van der Waals surface area contributed by atoms with Gasteiger partial charge < -0.3 is 15.0 Å². The number of phenols is 1. The SMILES string of the molecule is Cn1ccc(CNC(=O)Cc2cccc(O)c2)c1. The van der Waals surface area contributed by atoms with E-state index in [-0.39, 0.29) is 18.1 Å². The van der Waals surface area contributed by atoms with E-state index in [1.807, 2.05) is 36.1 Å². The fourth-order valence-corrected chi connectivity index (χ4v) is 1.78. The van der Waals surface area contributed by atoms with Crippen molar-refractivity contribution in [3.8, 4) is 5.75 Å². The number of hydrogen-bond acceptors (Lipinski definition) is 2. The highest BCUT2D eigenvalue weighted by Crippen LogP contribution is 2.11. The lowest BCUT2D eigenvalue weighted by Gasteiger charge is -2.04. The molecule has 0 atom stereocenters. The molecular formula is C14H16N2O2. The maximum atomic E-state index is 11.7. The molecule has 1 amide bonds. The number of nitrogens with one attached hydrogen (secondary N) is 1. The largest absolute Gasteiger partial charge is 0.508 e. The molecule has 0 radical (unpaired) electrons. The molecule has 2 N–H and O–H groups in total. The third-order valence-corrected chi connectivity index (χ3v) is 2.66. The van der Waals surface area contributed by atoms with Gasteiger partial charge in [0.2, 0.25) is 5.91 Å². The van der Waals surface area contributed by atoms with Crippen molar-refractivity contribution in [3.63, 3.8) is 0 Å². The van der Waals surface area contributed by atoms with Crippen molar-refractivity contribution >= 4 is 5.91 Å². The van der Waals surface area contributed by atoms with Crippen LogP contribution in [-0.4, -0.2) is 15.6 Å². The van der Waals surface area contributed by atoms with Crippen LogP contribution in [0.1, 0.15) is 11.1 Å². The highest BCUT2D eigenvalue weighted by molar-refractivity contribution is 5.78. The summed E-state index contributed by atoms with van der Waals surface area (Å²) in [5.41, 5.74) is 1.88. The summed E-state index contributed by atoms with van der Waals surface area (Å²) >= 11 is 0. The molecule has 4 nitrogen and oxygen atoms in total. The lowest BCUT2D eigenvalue weighted by Crippen LogP contribution is -2.24. The van der Waals surface area contributed by atoms with E-state index in [4.69, 9.17) is 0 Å². The Hall–Kier alpha value is -2.23. The van der Waals surface area contributed by atoms with Gasteiger partial charge in [-0.15, -0.1) is 0 Å². The highest BCUT2D eigenvalue weighted by atomic mass is 16.3. The Morgan fingerprint density at radius 3 is 2.83 bits per heavy atom. The maximum absolute atomic E-state index is 11.7. The summed E-state index contributed by atoms with van der Waals surface area (Å²) in [6.45, 7) is 0.526. The van der Waals surface area contributed by atoms with Crippen molar-refractivity contribution in [1.82, 2.24) is 9.88 Å². The summed E-state index contributed by atoms with van der Waals surface area (Å²) in [4.78, 5) is 11.7. The first-order valence-corrected chi connectivity index (χ1v) is 5.79. The molecule has 0 saturated carbocycles. The molecule has 0 aliphatic rings. The molecule has 2 aromatic rings. The van der Waals surface area contributed by atoms with Gasteiger partial charge in [-0.25, -0.2) is 0 Å². The second kappa shape index (κ2) is 5.40. The van der Waals surface area contributed by atoms with Crippen LogP contribution >= 0.6 is 0 Å². The predicted octanol–water partition coefficient (Wildman–Crippen LogP) is 1.59. The first-order valence-electron chi connectivity index (χ1n) is 5.79. The number of amides is 1. The summed E-state index contributed by atoms with van der Waals surface area (Å²) in [5.74, 6) is 0.132. The monoisotopic (exact) mass is 244 g/mol. The van der Waals surface area contributed by atoms with Crippen molar-refractivity contribution in [2.24, 2.45) is 7.05 Å². The van der Waals surface area contributed by atoms with E-state index in [0.29, 0.717) is 6.54 Å². The number of phenolic OH excluding ortho intramolecular Hbond substituents is 1. The smallest absolute Gasteiger partial charge is 0.224 e. The minimum Gasteiger partial charge on any atom is -0.508 e. The van der Waals surface area contributed by atoms with Gasteiger partial charge in [-0.2, -0.15) is 0 Å². The average molecular weight is 244 g/mol. The van der Waals surface area contributed by atoms with Crippen molar-refractivity contribution in [3.05, 3.63) is 53.9 Å². The minimum absolute atomic E-state index is 0.0514. The number of nitrogens with zero attached hydrogens (tertiary/aromatic N) is 1. The molecular weight excluding hydrogens is 228 g/mol. The Labute approximate surface area is 106 Å². The van der Waals surface area contributed by atoms with Crippen LogP contribution in [0, 0.1) is 0 Å². The molecule has 1 aromatic carbocycles. The first-order chi connectivity index (χ1) is 8.63. The molecule has 0 aliphatic heterocycles. The number of aryl methyl sites for hydroxylation is 1. The zero-order valence-electron chi connectivity index (χ0n) is 10.3. The number of rotatable bonds is 4. The first kappa shape index (κ1) is 12.2. The number of aromatic nitrogens is 1. The predicted molar refractivity (Wildman–Crippen MR) is 69.1 cm³/mol. The molecule has 2 rings (SSSR count). The van der Waals surface area contributed by atoms with Crippen molar-refractivity contribution in [1.29, 1.82) is 0 Å². The van der Waals surface area contributed by atoms with Gasteiger partial charge in [-0.3, -0.25) is 4.79 Å². The van der Waals surface area contributed by atoms with Gasteiger partial charge in [0.25, 0.3) is 0 Å². The third-order valence-electron chi connectivity index (χ3n) is 2.66. The molecule has 0 aliphatic carbocycles. The Bertz CT molecular complexity index is 546. The molecule has 94 valence electrons. The zero-order valence-corrected chi connectivity index (χ0v) is 10.3. The standard InChI is InChI=1S/C14H16N2O2/c1-16-6-5-12(10-16)9-15-14(18)8-11-3-2-4-13(17)7-11/h2-7,10,17H,8-9H2,1H3,(H,15,18). The Balaban J connectivity index is 1.85. The maximum Gasteiger partial charge on any atom is 0.224 e. The van der Waals surface area contributed by atoms with Crippen molar-refractivity contribution in [2.45, 2.75) is 13.0 Å². The van der Waals surface area contributed by atoms with Gasteiger partial charge >= 0.3 is 0 Å². The van der Waals surface area contributed by atoms with Gasteiger partial charge in [0.1, 0.15) is 5.75 Å². The van der Waals surface area contributed by atoms with Crippen LogP contribution in [0.4, 0.5) is 0 Å². The summed E-state index contributed by atoms with van der Waals surface area (Å²) in [5, 5.41) is 12.1. The van der Waals surface area contributed by atoms with Gasteiger partial charge in [0.15, 0.2) is 0 Å². The van der Waals surface area contributed by atoms with E-state index in [0.717, 1.165) is 11.1 Å². The van der Waals surface area contributed by atoms with Crippen LogP contribution in [0.3, 0.4) is 0 Å². The second-order valence-electron chi connectivity index (χ2n) is 4.31. The Kier molecular flexibility index (Phi) is 3.67. The van der Waals surface area contributed by atoms with E-state index >= 15 is 0 Å². The van der Waals surface area contributed by atoms with Crippen molar-refractivity contribution in [2.75, 3.05) is 0 Å². The van der Waals surface area contributed by atoms with E-state index in [9.17, 15) is 9.90 Å². The van der Waals surface area contributed by atoms with Crippen LogP contribution in [0.15, 0.2) is 42.7 Å². The molecule has 1 aromatic heterocycles. The fourth-order valence-electron chi connectivity index (χ4n) is 1.78. The van der Waals surface area contributed by atoms with Crippen LogP contribution < -0.4 is 5.32 Å². The molecule has 0 bridgehead atoms. The van der Waals surface area contributed by atoms with E-state index in [1.165, 1.54) is 0 Å². The van der Waals surface area contributed by atoms with Gasteiger partial charge in [0, 0.05) is 26.0 Å². The normalized spacial score (nSPS) is 10.3. The number of aromatic hydroxyl groups is 1. The molecule has 0 saturated heterocycles. The van der Waals surface area contributed by atoms with Gasteiger partial charge in [0.05, 0.1) is 6.42 Å². The molecule has 4 heteroatoms. The Morgan fingerprint density at radius 1 is 1.33 bits per heavy atom. The fraction of sp³-hybridized carbons (Fsp3) is 0.214. The number of carbonyl (C=O) groups is 1. The molecule has 0 unspecified atom stereocenters. The zero-order chi connectivity index (χ0) is 13.0. The van der Waals surface area contributed by atoms with E-state index in [2.05, 4.69) is 5.32 Å². The molecule has 18 heavy (non-hydrogen) atoms. The highest BCUT2D eigenvalue weighted by Gasteiger charge is 2.04. The number of hydrogen-bond donors (Lipinski definition) is 2. The quantitative estimate of drug-likeness (QED) is 0.858. The summed E-state index contributed by atoms with van der Waals surface area (Å²) in [6.07, 6.45) is 4.19. The van der Waals surface area contributed by atoms with Crippen molar-refractivity contribution < 1.29 is 9.90 Å². The van der Waals surface area contributed by atoms with Gasteiger partial charge in [-0.05, 0) is 29.3 Å². The number of benzene rings is 1. The third kappa shape index (κ3) is 3.38. The molecule has 0 fully saturated rings. The van der Waals surface area contributed by atoms with Crippen LogP contribution in [0.25, 0.3) is 0 Å². The summed E-state index contributed by atoms with van der Waals surface area (Å²) in [7, 11) is 1.94. The minimum atomic E-state index is -0.0514. The van der Waals surface area contributed by atoms with Crippen LogP contribution in [0.5, 0.6) is 5.75 Å². The topological polar surface area (TPSA) is 54.3 Å². The van der Waals surface area contributed by atoms with Gasteiger partial charge in [-0.1, -0.05) is 12.1 Å². The van der Waals surface area contributed by atoms with Crippen LogP contribution in [-0.2, 0) is 24.8 Å². The molecule has 1 heterocycles. The lowest BCUT2D eigenvalue weighted by molar-refractivity contribution is -0.120. The average Bonchev–Trinajstić information content (AvgIpc) is 2.73. The number of carbonyl (C=O) groups excluding carboxylic acids is 1.